The standard InChI is InChI=1S/C20H18F2N4O/c1-10(2)8-17-25-16-7-6-15(26-20(16)27-17)19-18(23-11(3)24-19)13-5-4-12(21)9-14(13)22/h4-7,9-10H,8H2,1-3H3,(H,23,24). The summed E-state index contributed by atoms with van der Waals surface area (Å²) in [5, 5.41) is 0. The van der Waals surface area contributed by atoms with Crippen LogP contribution in [0.4, 0.5) is 8.78 Å². The minimum absolute atomic E-state index is 0.204. The van der Waals surface area contributed by atoms with Crippen LogP contribution in [0, 0.1) is 24.5 Å². The number of hydrogen-bond donors (Lipinski definition) is 1. The molecule has 0 spiro atoms. The van der Waals surface area contributed by atoms with E-state index in [-0.39, 0.29) is 5.56 Å². The van der Waals surface area contributed by atoms with E-state index in [9.17, 15) is 8.78 Å². The van der Waals surface area contributed by atoms with Gasteiger partial charge in [-0.15, -0.1) is 0 Å². The van der Waals surface area contributed by atoms with Crippen molar-refractivity contribution in [2.24, 2.45) is 5.92 Å². The molecular weight excluding hydrogens is 350 g/mol. The van der Waals surface area contributed by atoms with E-state index in [1.807, 2.05) is 6.07 Å². The number of pyridine rings is 1. The average Bonchev–Trinajstić information content (AvgIpc) is 3.16. The second-order valence-corrected chi connectivity index (χ2v) is 6.90. The van der Waals surface area contributed by atoms with Crippen molar-refractivity contribution >= 4 is 11.2 Å². The topological polar surface area (TPSA) is 67.6 Å². The van der Waals surface area contributed by atoms with Crippen molar-refractivity contribution in [2.45, 2.75) is 27.2 Å². The molecule has 1 N–H and O–H groups in total. The van der Waals surface area contributed by atoms with Gasteiger partial charge < -0.3 is 9.40 Å². The fourth-order valence-corrected chi connectivity index (χ4v) is 2.99. The number of benzene rings is 1. The summed E-state index contributed by atoms with van der Waals surface area (Å²) in [6.45, 7) is 5.94. The number of H-pyrrole nitrogens is 1. The van der Waals surface area contributed by atoms with Gasteiger partial charge in [-0.1, -0.05) is 13.8 Å². The highest BCUT2D eigenvalue weighted by atomic mass is 19.1. The molecule has 0 aliphatic rings. The van der Waals surface area contributed by atoms with Crippen molar-refractivity contribution in [1.29, 1.82) is 0 Å². The largest absolute Gasteiger partial charge is 0.422 e. The van der Waals surface area contributed by atoms with Gasteiger partial charge in [0.05, 0.1) is 11.4 Å². The molecule has 1 aromatic carbocycles. The number of halogens is 2. The van der Waals surface area contributed by atoms with Crippen LogP contribution in [-0.4, -0.2) is 19.9 Å². The van der Waals surface area contributed by atoms with Gasteiger partial charge in [-0.05, 0) is 37.1 Å². The molecule has 3 aromatic heterocycles. The van der Waals surface area contributed by atoms with Gasteiger partial charge >= 0.3 is 0 Å². The van der Waals surface area contributed by atoms with Crippen LogP contribution in [0.5, 0.6) is 0 Å². The first kappa shape index (κ1) is 17.3. The Kier molecular flexibility index (Phi) is 4.22. The van der Waals surface area contributed by atoms with Crippen LogP contribution in [0.1, 0.15) is 25.6 Å². The maximum Gasteiger partial charge on any atom is 0.247 e. The maximum atomic E-state index is 14.3. The van der Waals surface area contributed by atoms with Gasteiger partial charge in [-0.25, -0.2) is 23.7 Å². The fourth-order valence-electron chi connectivity index (χ4n) is 2.99. The Bertz CT molecular complexity index is 1130. The molecule has 0 bridgehead atoms. The molecule has 0 radical (unpaired) electrons. The molecule has 0 saturated carbocycles. The number of rotatable bonds is 4. The Hall–Kier alpha value is -3.09. The minimum atomic E-state index is -0.678. The van der Waals surface area contributed by atoms with E-state index in [0.29, 0.717) is 45.9 Å². The number of aromatic nitrogens is 4. The molecule has 4 aromatic rings. The first-order valence-electron chi connectivity index (χ1n) is 8.69. The third kappa shape index (κ3) is 3.32. The molecule has 27 heavy (non-hydrogen) atoms. The number of imidazole rings is 1. The molecule has 0 aliphatic carbocycles. The van der Waals surface area contributed by atoms with Crippen LogP contribution < -0.4 is 0 Å². The fraction of sp³-hybridized carbons (Fsp3) is 0.250. The summed E-state index contributed by atoms with van der Waals surface area (Å²) in [5.74, 6) is 0.339. The molecule has 0 unspecified atom stereocenters. The number of oxazole rings is 1. The van der Waals surface area contributed by atoms with E-state index in [4.69, 9.17) is 4.42 Å². The van der Waals surface area contributed by atoms with Crippen molar-refractivity contribution in [1.82, 2.24) is 19.9 Å². The molecule has 0 amide bonds. The second-order valence-electron chi connectivity index (χ2n) is 6.90. The van der Waals surface area contributed by atoms with Gasteiger partial charge in [-0.3, -0.25) is 0 Å². The number of hydrogen-bond acceptors (Lipinski definition) is 4. The van der Waals surface area contributed by atoms with Gasteiger partial charge in [0.2, 0.25) is 5.71 Å². The van der Waals surface area contributed by atoms with Crippen molar-refractivity contribution in [3.8, 4) is 22.6 Å². The average molecular weight is 368 g/mol. The summed E-state index contributed by atoms with van der Waals surface area (Å²) in [4.78, 5) is 16.4. The van der Waals surface area contributed by atoms with E-state index in [1.54, 1.807) is 13.0 Å². The maximum absolute atomic E-state index is 14.3. The normalized spacial score (nSPS) is 11.6. The van der Waals surface area contributed by atoms with Gasteiger partial charge in [0.15, 0.2) is 5.89 Å². The summed E-state index contributed by atoms with van der Waals surface area (Å²) in [6, 6.07) is 7.01. The van der Waals surface area contributed by atoms with E-state index >= 15 is 0 Å². The molecular formula is C20H18F2N4O. The molecule has 5 nitrogen and oxygen atoms in total. The van der Waals surface area contributed by atoms with Gasteiger partial charge in [-0.2, -0.15) is 0 Å². The zero-order chi connectivity index (χ0) is 19.1. The number of aryl methyl sites for hydroxylation is 1. The van der Waals surface area contributed by atoms with Crippen molar-refractivity contribution < 1.29 is 13.2 Å². The first-order valence-corrected chi connectivity index (χ1v) is 8.69. The zero-order valence-electron chi connectivity index (χ0n) is 15.2. The van der Waals surface area contributed by atoms with Gasteiger partial charge in [0.25, 0.3) is 0 Å². The zero-order valence-corrected chi connectivity index (χ0v) is 15.2. The second kappa shape index (κ2) is 6.57. The molecule has 0 saturated heterocycles. The summed E-state index contributed by atoms with van der Waals surface area (Å²) >= 11 is 0. The molecule has 3 heterocycles. The summed E-state index contributed by atoms with van der Waals surface area (Å²) < 4.78 is 33.3. The van der Waals surface area contributed by atoms with E-state index in [2.05, 4.69) is 33.8 Å². The Balaban J connectivity index is 1.81. The Morgan fingerprint density at radius 2 is 1.89 bits per heavy atom. The summed E-state index contributed by atoms with van der Waals surface area (Å²) in [5.41, 5.74) is 2.76. The van der Waals surface area contributed by atoms with Crippen LogP contribution >= 0.6 is 0 Å². The van der Waals surface area contributed by atoms with Crippen LogP contribution in [0.3, 0.4) is 0 Å². The quantitative estimate of drug-likeness (QED) is 0.546. The van der Waals surface area contributed by atoms with Gasteiger partial charge in [0.1, 0.15) is 28.7 Å². The highest BCUT2D eigenvalue weighted by Crippen LogP contribution is 2.32. The highest BCUT2D eigenvalue weighted by molar-refractivity contribution is 5.80. The number of fused-ring (bicyclic) bond motifs is 1. The number of nitrogens with one attached hydrogen (secondary N) is 1. The van der Waals surface area contributed by atoms with Crippen molar-refractivity contribution in [3.05, 3.63) is 53.7 Å². The smallest absolute Gasteiger partial charge is 0.247 e. The number of nitrogens with zero attached hydrogens (tertiary/aromatic N) is 3. The lowest BCUT2D eigenvalue weighted by atomic mass is 10.1. The van der Waals surface area contributed by atoms with Crippen LogP contribution in [0.2, 0.25) is 0 Å². The van der Waals surface area contributed by atoms with Crippen molar-refractivity contribution in [3.63, 3.8) is 0 Å². The van der Waals surface area contributed by atoms with E-state index in [1.165, 1.54) is 12.1 Å². The van der Waals surface area contributed by atoms with E-state index < -0.39 is 11.6 Å². The molecule has 0 atom stereocenters. The molecule has 0 fully saturated rings. The van der Waals surface area contributed by atoms with Crippen LogP contribution in [-0.2, 0) is 6.42 Å². The van der Waals surface area contributed by atoms with Crippen LogP contribution in [0.15, 0.2) is 34.7 Å². The van der Waals surface area contributed by atoms with E-state index in [0.717, 1.165) is 12.5 Å². The highest BCUT2D eigenvalue weighted by Gasteiger charge is 2.19. The Labute approximate surface area is 154 Å². The first-order chi connectivity index (χ1) is 12.9. The molecule has 7 heteroatoms. The molecule has 138 valence electrons. The van der Waals surface area contributed by atoms with Crippen LogP contribution in [0.25, 0.3) is 33.9 Å². The predicted molar refractivity (Wildman–Crippen MR) is 98.0 cm³/mol. The summed E-state index contributed by atoms with van der Waals surface area (Å²) in [7, 11) is 0. The molecule has 0 aliphatic heterocycles. The lowest BCUT2D eigenvalue weighted by molar-refractivity contribution is 0.477. The monoisotopic (exact) mass is 368 g/mol. The third-order valence-electron chi connectivity index (χ3n) is 4.15. The number of aromatic amines is 1. The lowest BCUT2D eigenvalue weighted by Gasteiger charge is -2.04. The predicted octanol–water partition coefficient (Wildman–Crippen LogP) is 5.07. The summed E-state index contributed by atoms with van der Waals surface area (Å²) in [6.07, 6.45) is 0.723. The molecule has 4 rings (SSSR count). The minimum Gasteiger partial charge on any atom is -0.422 e. The SMILES string of the molecule is Cc1nc(-c2ccc(F)cc2F)c(-c2ccc3nc(CC(C)C)oc3n2)[nH]1. The van der Waals surface area contributed by atoms with Gasteiger partial charge in [0, 0.05) is 18.1 Å². The van der Waals surface area contributed by atoms with Crippen molar-refractivity contribution in [2.75, 3.05) is 0 Å². The lowest BCUT2D eigenvalue weighted by Crippen LogP contribution is -1.93. The Morgan fingerprint density at radius 1 is 1.07 bits per heavy atom. The Morgan fingerprint density at radius 3 is 2.63 bits per heavy atom. The third-order valence-corrected chi connectivity index (χ3v) is 4.15.